The molecule has 0 amide bonds. The molecule has 0 saturated heterocycles. The van der Waals surface area contributed by atoms with E-state index in [-0.39, 0.29) is 11.8 Å². The number of alkyl halides is 2. The third-order valence-corrected chi connectivity index (χ3v) is 2.89. The zero-order valence-corrected chi connectivity index (χ0v) is 11.8. The van der Waals surface area contributed by atoms with Crippen LogP contribution in [0.3, 0.4) is 0 Å². The van der Waals surface area contributed by atoms with E-state index in [0.29, 0.717) is 11.5 Å². The number of hydrogen-bond donors (Lipinski definition) is 1. The zero-order valence-electron chi connectivity index (χ0n) is 11.8. The van der Waals surface area contributed by atoms with Gasteiger partial charge in [0.1, 0.15) is 5.69 Å². The lowest BCUT2D eigenvalue weighted by Gasteiger charge is -2.15. The van der Waals surface area contributed by atoms with Gasteiger partial charge in [-0.1, -0.05) is 19.1 Å². The number of nitrogens with zero attached hydrogens (tertiary/aromatic N) is 4. The third-order valence-electron chi connectivity index (χ3n) is 2.89. The van der Waals surface area contributed by atoms with Crippen LogP contribution in [0.2, 0.25) is 0 Å². The van der Waals surface area contributed by atoms with Gasteiger partial charge in [-0.25, -0.2) is 0 Å². The molecule has 1 unspecified atom stereocenters. The summed E-state index contributed by atoms with van der Waals surface area (Å²) in [6, 6.07) is 6.30. The Bertz CT molecular complexity index is 575. The maximum Gasteiger partial charge on any atom is 0.387 e. The predicted molar refractivity (Wildman–Crippen MR) is 72.5 cm³/mol. The summed E-state index contributed by atoms with van der Waals surface area (Å²) in [5, 5.41) is 14.7. The number of tetrazole rings is 1. The first kappa shape index (κ1) is 15.3. The summed E-state index contributed by atoms with van der Waals surface area (Å²) < 4.78 is 30.9. The summed E-state index contributed by atoms with van der Waals surface area (Å²) in [5.41, 5.74) is 0.378. The molecule has 2 aromatic rings. The number of nitrogens with one attached hydrogen (secondary N) is 1. The number of rotatable bonds is 7. The van der Waals surface area contributed by atoms with Crippen molar-refractivity contribution in [2.24, 2.45) is 0 Å². The van der Waals surface area contributed by atoms with E-state index in [1.807, 2.05) is 6.92 Å². The molecule has 0 bridgehead atoms. The number of aromatic nitrogens is 4. The van der Waals surface area contributed by atoms with Crippen LogP contribution in [0.5, 0.6) is 5.75 Å². The molecule has 21 heavy (non-hydrogen) atoms. The Morgan fingerprint density at radius 1 is 1.33 bits per heavy atom. The maximum absolute atomic E-state index is 12.5. The minimum Gasteiger partial charge on any atom is -0.433 e. The van der Waals surface area contributed by atoms with Gasteiger partial charge in [-0.15, -0.1) is 5.10 Å². The van der Waals surface area contributed by atoms with Crippen LogP contribution < -0.4 is 10.1 Å². The molecule has 2 rings (SSSR count). The maximum atomic E-state index is 12.5. The van der Waals surface area contributed by atoms with Gasteiger partial charge in [0.25, 0.3) is 0 Å². The number of halogens is 2. The van der Waals surface area contributed by atoms with Gasteiger partial charge in [-0.05, 0) is 42.4 Å². The first-order valence-electron chi connectivity index (χ1n) is 6.69. The number of para-hydroxylation sites is 2. The van der Waals surface area contributed by atoms with Crippen molar-refractivity contribution in [1.29, 1.82) is 0 Å². The summed E-state index contributed by atoms with van der Waals surface area (Å²) >= 11 is 0. The van der Waals surface area contributed by atoms with Crippen LogP contribution in [-0.4, -0.2) is 33.4 Å². The largest absolute Gasteiger partial charge is 0.433 e. The molecule has 0 spiro atoms. The fraction of sp³-hybridized carbons (Fsp3) is 0.462. The van der Waals surface area contributed by atoms with Gasteiger partial charge in [-0.2, -0.15) is 13.5 Å². The lowest BCUT2D eigenvalue weighted by molar-refractivity contribution is -0.0499. The summed E-state index contributed by atoms with van der Waals surface area (Å²) in [7, 11) is 0. The van der Waals surface area contributed by atoms with Crippen LogP contribution in [0.4, 0.5) is 8.78 Å². The van der Waals surface area contributed by atoms with E-state index in [0.717, 1.165) is 13.0 Å². The third kappa shape index (κ3) is 3.72. The average Bonchev–Trinajstić information content (AvgIpc) is 2.94. The molecule has 0 radical (unpaired) electrons. The summed E-state index contributed by atoms with van der Waals surface area (Å²) in [4.78, 5) is 0. The van der Waals surface area contributed by atoms with Crippen LogP contribution >= 0.6 is 0 Å². The second-order valence-electron chi connectivity index (χ2n) is 4.47. The smallest absolute Gasteiger partial charge is 0.387 e. The van der Waals surface area contributed by atoms with Gasteiger partial charge in [0.15, 0.2) is 11.6 Å². The van der Waals surface area contributed by atoms with Crippen LogP contribution in [0.25, 0.3) is 5.69 Å². The normalized spacial score (nSPS) is 12.6. The van der Waals surface area contributed by atoms with Crippen LogP contribution in [-0.2, 0) is 0 Å². The molecule has 1 aromatic heterocycles. The standard InChI is InChI=1S/C13H17F2N5O/c1-3-8-16-9(2)12-17-18-19-20(12)10-6-4-5-7-11(10)21-13(14)15/h4-7,9,13,16H,3,8H2,1-2H3. The topological polar surface area (TPSA) is 64.9 Å². The molecule has 0 aliphatic rings. The molecule has 0 aliphatic heterocycles. The Kier molecular flexibility index (Phi) is 5.15. The van der Waals surface area contributed by atoms with E-state index in [4.69, 9.17) is 0 Å². The van der Waals surface area contributed by atoms with Crippen molar-refractivity contribution in [3.63, 3.8) is 0 Å². The van der Waals surface area contributed by atoms with E-state index in [2.05, 4.69) is 32.5 Å². The first-order valence-corrected chi connectivity index (χ1v) is 6.69. The SMILES string of the molecule is CCCNC(C)c1nnnn1-c1ccccc1OC(F)F. The second kappa shape index (κ2) is 7.07. The minimum atomic E-state index is -2.90. The molecule has 0 fully saturated rings. The monoisotopic (exact) mass is 297 g/mol. The van der Waals surface area contributed by atoms with Crippen molar-refractivity contribution < 1.29 is 13.5 Å². The highest BCUT2D eigenvalue weighted by molar-refractivity contribution is 5.46. The quantitative estimate of drug-likeness (QED) is 0.849. The van der Waals surface area contributed by atoms with E-state index >= 15 is 0 Å². The number of benzene rings is 1. The Hall–Kier alpha value is -2.09. The van der Waals surface area contributed by atoms with Gasteiger partial charge in [0.2, 0.25) is 0 Å². The first-order chi connectivity index (χ1) is 10.1. The molecule has 114 valence electrons. The van der Waals surface area contributed by atoms with E-state index in [9.17, 15) is 8.78 Å². The van der Waals surface area contributed by atoms with Crippen LogP contribution in [0.1, 0.15) is 32.1 Å². The molecule has 1 atom stereocenters. The van der Waals surface area contributed by atoms with Crippen molar-refractivity contribution in [3.8, 4) is 11.4 Å². The summed E-state index contributed by atoms with van der Waals surface area (Å²) in [5.74, 6) is 0.567. The molecule has 8 heteroatoms. The van der Waals surface area contributed by atoms with E-state index in [1.54, 1.807) is 18.2 Å². The molecule has 6 nitrogen and oxygen atoms in total. The molecule has 0 aliphatic carbocycles. The lowest BCUT2D eigenvalue weighted by Crippen LogP contribution is -2.23. The van der Waals surface area contributed by atoms with Crippen LogP contribution in [0, 0.1) is 0 Å². The van der Waals surface area contributed by atoms with E-state index < -0.39 is 6.61 Å². The highest BCUT2D eigenvalue weighted by Crippen LogP contribution is 2.25. The van der Waals surface area contributed by atoms with Gasteiger partial charge in [0.05, 0.1) is 6.04 Å². The molecule has 1 N–H and O–H groups in total. The zero-order chi connectivity index (χ0) is 15.2. The van der Waals surface area contributed by atoms with Gasteiger partial charge >= 0.3 is 6.61 Å². The van der Waals surface area contributed by atoms with Gasteiger partial charge < -0.3 is 10.1 Å². The van der Waals surface area contributed by atoms with Crippen molar-refractivity contribution in [2.45, 2.75) is 32.9 Å². The lowest BCUT2D eigenvalue weighted by atomic mass is 10.2. The van der Waals surface area contributed by atoms with E-state index in [1.165, 1.54) is 10.7 Å². The fourth-order valence-corrected chi connectivity index (χ4v) is 1.92. The van der Waals surface area contributed by atoms with Crippen LogP contribution in [0.15, 0.2) is 24.3 Å². The summed E-state index contributed by atoms with van der Waals surface area (Å²) in [6.45, 7) is 1.87. The van der Waals surface area contributed by atoms with Gasteiger partial charge in [-0.3, -0.25) is 0 Å². The Morgan fingerprint density at radius 2 is 2.10 bits per heavy atom. The number of ether oxygens (including phenoxy) is 1. The van der Waals surface area contributed by atoms with Crippen molar-refractivity contribution >= 4 is 0 Å². The summed E-state index contributed by atoms with van der Waals surface area (Å²) in [6.07, 6.45) is 0.969. The second-order valence-corrected chi connectivity index (χ2v) is 4.47. The molecule has 1 heterocycles. The van der Waals surface area contributed by atoms with Gasteiger partial charge in [0, 0.05) is 0 Å². The fourth-order valence-electron chi connectivity index (χ4n) is 1.92. The van der Waals surface area contributed by atoms with Crippen molar-refractivity contribution in [2.75, 3.05) is 6.54 Å². The Morgan fingerprint density at radius 3 is 2.81 bits per heavy atom. The highest BCUT2D eigenvalue weighted by Gasteiger charge is 2.18. The van der Waals surface area contributed by atoms with Crippen molar-refractivity contribution in [1.82, 2.24) is 25.5 Å². The molecular weight excluding hydrogens is 280 g/mol. The van der Waals surface area contributed by atoms with Crippen molar-refractivity contribution in [3.05, 3.63) is 30.1 Å². The molecule has 1 aromatic carbocycles. The number of hydrogen-bond acceptors (Lipinski definition) is 5. The molecular formula is C13H17F2N5O. The Labute approximate surface area is 121 Å². The Balaban J connectivity index is 2.33. The molecule has 0 saturated carbocycles. The predicted octanol–water partition coefficient (Wildman–Crippen LogP) is 2.32. The minimum absolute atomic E-state index is 0.0312. The highest BCUT2D eigenvalue weighted by atomic mass is 19.3. The average molecular weight is 297 g/mol.